The minimum Gasteiger partial charge on any atom is -0.336 e. The first-order valence-electron chi connectivity index (χ1n) is 7.23. The van der Waals surface area contributed by atoms with E-state index < -0.39 is 8.24 Å². The van der Waals surface area contributed by atoms with Gasteiger partial charge in [-0.15, -0.1) is 0 Å². The van der Waals surface area contributed by atoms with E-state index in [4.69, 9.17) is 5.10 Å². The molecule has 0 aromatic rings. The Morgan fingerprint density at radius 2 is 1.29 bits per heavy atom. The van der Waals surface area contributed by atoms with Crippen LogP contribution in [0.15, 0.2) is 5.10 Å². The minimum atomic E-state index is -1.53. The van der Waals surface area contributed by atoms with Gasteiger partial charge in [0, 0.05) is 5.71 Å². The molecule has 0 amide bonds. The second kappa shape index (κ2) is 6.03. The van der Waals surface area contributed by atoms with Crippen LogP contribution in [-0.4, -0.2) is 13.9 Å². The first kappa shape index (κ1) is 14.7. The lowest BCUT2D eigenvalue weighted by molar-refractivity contribution is 0.746. The van der Waals surface area contributed by atoms with Gasteiger partial charge in [-0.25, -0.2) is 0 Å². The second-order valence-electron chi connectivity index (χ2n) is 6.39. The highest BCUT2D eigenvalue weighted by atomic mass is 28.3. The summed E-state index contributed by atoms with van der Waals surface area (Å²) in [6.45, 7) is 14.2. The van der Waals surface area contributed by atoms with E-state index in [2.05, 4.69) is 46.6 Å². The predicted octanol–water partition coefficient (Wildman–Crippen LogP) is 4.68. The zero-order chi connectivity index (χ0) is 13.1. The largest absolute Gasteiger partial charge is 0.336 e. The standard InChI is InChI=1S/C14H30N2Si/c1-11(2)17(12(3)4,13(5)6)16-15-14-9-7-8-10-14/h11-13,16H,7-10H2,1-6H3. The predicted molar refractivity (Wildman–Crippen MR) is 80.1 cm³/mol. The van der Waals surface area contributed by atoms with Gasteiger partial charge in [0.25, 0.3) is 0 Å². The van der Waals surface area contributed by atoms with E-state index in [1.165, 1.54) is 31.4 Å². The highest BCUT2D eigenvalue weighted by Gasteiger charge is 2.43. The lowest BCUT2D eigenvalue weighted by atomic mass is 10.3. The van der Waals surface area contributed by atoms with Crippen LogP contribution in [0.4, 0.5) is 0 Å². The van der Waals surface area contributed by atoms with Crippen LogP contribution in [0.1, 0.15) is 67.2 Å². The molecule has 0 heterocycles. The molecule has 2 nitrogen and oxygen atoms in total. The van der Waals surface area contributed by atoms with Crippen LogP contribution in [0, 0.1) is 0 Å². The SMILES string of the molecule is CC(C)[Si](NN=C1CCCC1)(C(C)C)C(C)C. The Morgan fingerprint density at radius 1 is 0.882 bits per heavy atom. The molecule has 100 valence electrons. The van der Waals surface area contributed by atoms with Crippen molar-refractivity contribution < 1.29 is 0 Å². The summed E-state index contributed by atoms with van der Waals surface area (Å²) in [7, 11) is -1.53. The van der Waals surface area contributed by atoms with Gasteiger partial charge in [0.05, 0.1) is 0 Å². The smallest absolute Gasteiger partial charge is 0.181 e. The van der Waals surface area contributed by atoms with Crippen LogP contribution >= 0.6 is 0 Å². The van der Waals surface area contributed by atoms with E-state index in [1.807, 2.05) is 0 Å². The summed E-state index contributed by atoms with van der Waals surface area (Å²) in [5.74, 6) is 0. The fourth-order valence-corrected chi connectivity index (χ4v) is 8.58. The van der Waals surface area contributed by atoms with Gasteiger partial charge in [-0.3, -0.25) is 0 Å². The lowest BCUT2D eigenvalue weighted by Crippen LogP contribution is -2.56. The maximum absolute atomic E-state index is 4.79. The van der Waals surface area contributed by atoms with Crippen molar-refractivity contribution >= 4 is 13.9 Å². The molecule has 0 unspecified atom stereocenters. The Labute approximate surface area is 108 Å². The normalized spacial score (nSPS) is 17.4. The number of rotatable bonds is 5. The lowest BCUT2D eigenvalue weighted by Gasteiger charge is -2.42. The van der Waals surface area contributed by atoms with Crippen LogP contribution in [0.2, 0.25) is 16.6 Å². The van der Waals surface area contributed by atoms with Gasteiger partial charge in [-0.2, -0.15) is 5.10 Å². The molecule has 3 heteroatoms. The fourth-order valence-electron chi connectivity index (χ4n) is 3.46. The molecule has 0 atom stereocenters. The van der Waals surface area contributed by atoms with E-state index in [0.29, 0.717) is 0 Å². The summed E-state index contributed by atoms with van der Waals surface area (Å²) in [6.07, 6.45) is 5.09. The third kappa shape index (κ3) is 3.12. The summed E-state index contributed by atoms with van der Waals surface area (Å²) >= 11 is 0. The van der Waals surface area contributed by atoms with Gasteiger partial charge in [-0.1, -0.05) is 41.5 Å². The Morgan fingerprint density at radius 3 is 1.65 bits per heavy atom. The molecular weight excluding hydrogens is 224 g/mol. The van der Waals surface area contributed by atoms with Crippen molar-refractivity contribution in [2.75, 3.05) is 0 Å². The molecule has 1 N–H and O–H groups in total. The van der Waals surface area contributed by atoms with Crippen molar-refractivity contribution in [2.24, 2.45) is 5.10 Å². The number of nitrogens with one attached hydrogen (secondary N) is 1. The average molecular weight is 254 g/mol. The summed E-state index contributed by atoms with van der Waals surface area (Å²) in [6, 6.07) is 0. The minimum absolute atomic E-state index is 0.730. The maximum Gasteiger partial charge on any atom is 0.181 e. The zero-order valence-corrected chi connectivity index (χ0v) is 13.5. The van der Waals surface area contributed by atoms with Crippen LogP contribution in [-0.2, 0) is 0 Å². The third-order valence-electron chi connectivity index (χ3n) is 4.45. The van der Waals surface area contributed by atoms with Crippen molar-refractivity contribution in [1.82, 2.24) is 5.09 Å². The zero-order valence-electron chi connectivity index (χ0n) is 12.5. The van der Waals surface area contributed by atoms with Gasteiger partial charge in [-0.05, 0) is 42.3 Å². The molecule has 1 rings (SSSR count). The van der Waals surface area contributed by atoms with Crippen molar-refractivity contribution in [3.63, 3.8) is 0 Å². The number of hydrogen-bond acceptors (Lipinski definition) is 2. The Hall–Kier alpha value is -0.313. The van der Waals surface area contributed by atoms with Gasteiger partial charge in [0.1, 0.15) is 0 Å². The van der Waals surface area contributed by atoms with E-state index in [9.17, 15) is 0 Å². The monoisotopic (exact) mass is 254 g/mol. The van der Waals surface area contributed by atoms with E-state index in [1.54, 1.807) is 0 Å². The molecule has 0 aliphatic heterocycles. The van der Waals surface area contributed by atoms with Crippen LogP contribution in [0.25, 0.3) is 0 Å². The summed E-state index contributed by atoms with van der Waals surface area (Å²) in [5, 5.41) is 8.49. The number of hydrogen-bond donors (Lipinski definition) is 1. The van der Waals surface area contributed by atoms with E-state index in [-0.39, 0.29) is 0 Å². The molecular formula is C14H30N2Si. The van der Waals surface area contributed by atoms with Crippen molar-refractivity contribution in [3.05, 3.63) is 0 Å². The quantitative estimate of drug-likeness (QED) is 0.559. The molecule has 1 fully saturated rings. The summed E-state index contributed by atoms with van der Waals surface area (Å²) < 4.78 is 0. The van der Waals surface area contributed by atoms with E-state index in [0.717, 1.165) is 16.6 Å². The highest BCUT2D eigenvalue weighted by molar-refractivity contribution is 6.81. The molecule has 17 heavy (non-hydrogen) atoms. The second-order valence-corrected chi connectivity index (χ2v) is 11.9. The molecule has 1 aliphatic carbocycles. The van der Waals surface area contributed by atoms with Crippen LogP contribution in [0.5, 0.6) is 0 Å². The third-order valence-corrected chi connectivity index (χ3v) is 10.7. The molecule has 0 saturated heterocycles. The Kier molecular flexibility index (Phi) is 5.23. The van der Waals surface area contributed by atoms with E-state index >= 15 is 0 Å². The van der Waals surface area contributed by atoms with Gasteiger partial charge < -0.3 is 5.09 Å². The Bertz CT molecular complexity index is 240. The van der Waals surface area contributed by atoms with Gasteiger partial charge in [0.15, 0.2) is 8.24 Å². The maximum atomic E-state index is 4.79. The van der Waals surface area contributed by atoms with Crippen molar-refractivity contribution in [3.8, 4) is 0 Å². The van der Waals surface area contributed by atoms with Crippen LogP contribution in [0.3, 0.4) is 0 Å². The summed E-state index contributed by atoms with van der Waals surface area (Å²) in [5.41, 5.74) is 3.60. The van der Waals surface area contributed by atoms with Gasteiger partial charge in [0.2, 0.25) is 0 Å². The molecule has 0 bridgehead atoms. The first-order valence-corrected chi connectivity index (χ1v) is 9.47. The first-order chi connectivity index (χ1) is 7.91. The fraction of sp³-hybridized carbons (Fsp3) is 0.929. The topological polar surface area (TPSA) is 24.4 Å². The number of hydrazone groups is 1. The van der Waals surface area contributed by atoms with Crippen LogP contribution < -0.4 is 5.09 Å². The number of nitrogens with zero attached hydrogens (tertiary/aromatic N) is 1. The van der Waals surface area contributed by atoms with Gasteiger partial charge >= 0.3 is 0 Å². The van der Waals surface area contributed by atoms with Crippen molar-refractivity contribution in [1.29, 1.82) is 0 Å². The molecule has 0 radical (unpaired) electrons. The molecule has 1 aliphatic rings. The average Bonchev–Trinajstić information content (AvgIpc) is 2.69. The highest BCUT2D eigenvalue weighted by Crippen LogP contribution is 2.39. The molecule has 1 saturated carbocycles. The van der Waals surface area contributed by atoms with Crippen molar-refractivity contribution in [2.45, 2.75) is 83.8 Å². The summed E-state index contributed by atoms with van der Waals surface area (Å²) in [4.78, 5) is 0. The molecule has 0 aromatic carbocycles. The Balaban J connectivity index is 2.85. The molecule has 0 aromatic heterocycles. The molecule has 0 spiro atoms.